The fourth-order valence-corrected chi connectivity index (χ4v) is 1.78. The highest BCUT2D eigenvalue weighted by Crippen LogP contribution is 2.08. The molecule has 2 N–H and O–H groups in total. The summed E-state index contributed by atoms with van der Waals surface area (Å²) < 4.78 is 0. The lowest BCUT2D eigenvalue weighted by Crippen LogP contribution is -2.27. The lowest BCUT2D eigenvalue weighted by atomic mass is 10.2. The molecule has 88 valence electrons. The van der Waals surface area contributed by atoms with Gasteiger partial charge in [0.05, 0.1) is 0 Å². The second kappa shape index (κ2) is 7.44. The fraction of sp³-hybridized carbons (Fsp3) is 0.385. The van der Waals surface area contributed by atoms with E-state index in [0.717, 1.165) is 26.1 Å². The first kappa shape index (κ1) is 13.2. The Bertz CT molecular complexity index is 311. The van der Waals surface area contributed by atoms with Gasteiger partial charge in [-0.3, -0.25) is 4.90 Å². The van der Waals surface area contributed by atoms with Gasteiger partial charge in [-0.2, -0.15) is 0 Å². The third-order valence-electron chi connectivity index (χ3n) is 2.32. The van der Waals surface area contributed by atoms with Crippen LogP contribution in [0.1, 0.15) is 12.0 Å². The zero-order valence-corrected chi connectivity index (χ0v) is 10.3. The molecule has 0 aromatic heterocycles. The molecule has 0 heterocycles. The highest BCUT2D eigenvalue weighted by atomic mass is 35.5. The highest BCUT2D eigenvalue weighted by molar-refractivity contribution is 6.29. The first-order valence-corrected chi connectivity index (χ1v) is 5.90. The first-order valence-electron chi connectivity index (χ1n) is 5.52. The monoisotopic (exact) mass is 238 g/mol. The van der Waals surface area contributed by atoms with Crippen LogP contribution in [-0.2, 0) is 6.54 Å². The molecule has 0 saturated heterocycles. The second-order valence-electron chi connectivity index (χ2n) is 3.86. The maximum atomic E-state index is 5.85. The van der Waals surface area contributed by atoms with Gasteiger partial charge in [0.2, 0.25) is 0 Å². The minimum absolute atomic E-state index is 0.674. The van der Waals surface area contributed by atoms with E-state index in [9.17, 15) is 0 Å². The van der Waals surface area contributed by atoms with Crippen LogP contribution in [0, 0.1) is 0 Å². The molecule has 1 aromatic carbocycles. The molecule has 2 nitrogen and oxygen atoms in total. The van der Waals surface area contributed by atoms with Gasteiger partial charge in [-0.15, -0.1) is 0 Å². The second-order valence-corrected chi connectivity index (χ2v) is 4.39. The normalized spacial score (nSPS) is 10.7. The van der Waals surface area contributed by atoms with Gasteiger partial charge in [0, 0.05) is 24.7 Å². The smallest absolute Gasteiger partial charge is 0.0339 e. The van der Waals surface area contributed by atoms with E-state index >= 15 is 0 Å². The number of nitrogens with two attached hydrogens (primary N) is 1. The van der Waals surface area contributed by atoms with Gasteiger partial charge in [-0.05, 0) is 18.5 Å². The fourth-order valence-electron chi connectivity index (χ4n) is 1.61. The van der Waals surface area contributed by atoms with Gasteiger partial charge >= 0.3 is 0 Å². The van der Waals surface area contributed by atoms with Crippen molar-refractivity contribution in [2.45, 2.75) is 13.0 Å². The van der Waals surface area contributed by atoms with Crippen molar-refractivity contribution in [2.75, 3.05) is 19.6 Å². The van der Waals surface area contributed by atoms with Crippen LogP contribution < -0.4 is 5.73 Å². The van der Waals surface area contributed by atoms with Crippen molar-refractivity contribution < 1.29 is 0 Å². The minimum Gasteiger partial charge on any atom is -0.330 e. The SMILES string of the molecule is C=C(Cl)CN(CCCN)Cc1ccccc1. The topological polar surface area (TPSA) is 29.3 Å². The summed E-state index contributed by atoms with van der Waals surface area (Å²) in [7, 11) is 0. The van der Waals surface area contributed by atoms with Crippen molar-refractivity contribution >= 4 is 11.6 Å². The van der Waals surface area contributed by atoms with Crippen LogP contribution in [0.3, 0.4) is 0 Å². The lowest BCUT2D eigenvalue weighted by molar-refractivity contribution is 0.290. The average molecular weight is 239 g/mol. The molecular weight excluding hydrogens is 220 g/mol. The minimum atomic E-state index is 0.674. The summed E-state index contributed by atoms with van der Waals surface area (Å²) in [6.45, 7) is 7.02. The summed E-state index contributed by atoms with van der Waals surface area (Å²) >= 11 is 5.85. The number of rotatable bonds is 7. The van der Waals surface area contributed by atoms with E-state index in [2.05, 4.69) is 23.6 Å². The summed E-state index contributed by atoms with van der Waals surface area (Å²) in [5, 5.41) is 0.674. The average Bonchev–Trinajstić information content (AvgIpc) is 2.26. The summed E-state index contributed by atoms with van der Waals surface area (Å²) in [6.07, 6.45) is 0.983. The summed E-state index contributed by atoms with van der Waals surface area (Å²) in [4.78, 5) is 2.26. The van der Waals surface area contributed by atoms with Crippen LogP contribution in [0.4, 0.5) is 0 Å². The first-order chi connectivity index (χ1) is 7.72. The van der Waals surface area contributed by atoms with Crippen LogP contribution in [0.2, 0.25) is 0 Å². The van der Waals surface area contributed by atoms with E-state index in [0.29, 0.717) is 11.6 Å². The molecule has 0 saturated carbocycles. The summed E-state index contributed by atoms with van der Waals surface area (Å²) in [6, 6.07) is 10.4. The Morgan fingerprint density at radius 2 is 2.00 bits per heavy atom. The van der Waals surface area contributed by atoms with E-state index in [1.54, 1.807) is 0 Å². The molecule has 0 bridgehead atoms. The predicted molar refractivity (Wildman–Crippen MR) is 70.4 cm³/mol. The molecule has 0 aliphatic rings. The van der Waals surface area contributed by atoms with Crippen molar-refractivity contribution in [1.82, 2.24) is 4.90 Å². The van der Waals surface area contributed by atoms with Crippen LogP contribution >= 0.6 is 11.6 Å². The Balaban J connectivity index is 2.52. The van der Waals surface area contributed by atoms with Gasteiger partial charge in [-0.1, -0.05) is 48.5 Å². The van der Waals surface area contributed by atoms with Gasteiger partial charge in [0.25, 0.3) is 0 Å². The quantitative estimate of drug-likeness (QED) is 0.791. The Morgan fingerprint density at radius 1 is 1.31 bits per heavy atom. The van der Waals surface area contributed by atoms with E-state index in [4.69, 9.17) is 17.3 Å². The van der Waals surface area contributed by atoms with E-state index in [1.165, 1.54) is 5.56 Å². The molecule has 1 rings (SSSR count). The van der Waals surface area contributed by atoms with Crippen molar-refractivity contribution in [3.63, 3.8) is 0 Å². The number of nitrogens with zero attached hydrogens (tertiary/aromatic N) is 1. The number of benzene rings is 1. The maximum Gasteiger partial charge on any atom is 0.0339 e. The van der Waals surface area contributed by atoms with Crippen molar-refractivity contribution in [3.05, 3.63) is 47.5 Å². The van der Waals surface area contributed by atoms with Crippen LogP contribution in [0.5, 0.6) is 0 Å². The van der Waals surface area contributed by atoms with Gasteiger partial charge in [-0.25, -0.2) is 0 Å². The third-order valence-corrected chi connectivity index (χ3v) is 2.44. The summed E-state index contributed by atoms with van der Waals surface area (Å²) in [5.74, 6) is 0. The Hall–Kier alpha value is -0.830. The molecular formula is C13H19ClN2. The maximum absolute atomic E-state index is 5.85. The molecule has 0 unspecified atom stereocenters. The molecule has 3 heteroatoms. The molecule has 0 aliphatic carbocycles. The molecule has 0 amide bonds. The molecule has 0 atom stereocenters. The standard InChI is InChI=1S/C13H19ClN2/c1-12(14)10-16(9-5-8-15)11-13-6-3-2-4-7-13/h2-4,6-7H,1,5,8-11,15H2. The van der Waals surface area contributed by atoms with E-state index in [1.807, 2.05) is 18.2 Å². The zero-order valence-electron chi connectivity index (χ0n) is 9.53. The summed E-state index contributed by atoms with van der Waals surface area (Å²) in [5.41, 5.74) is 6.81. The predicted octanol–water partition coefficient (Wildman–Crippen LogP) is 2.59. The van der Waals surface area contributed by atoms with Crippen LogP contribution in [-0.4, -0.2) is 24.5 Å². The molecule has 0 spiro atoms. The van der Waals surface area contributed by atoms with Gasteiger partial charge in [0.15, 0.2) is 0 Å². The third kappa shape index (κ3) is 5.31. The molecule has 16 heavy (non-hydrogen) atoms. The largest absolute Gasteiger partial charge is 0.330 e. The van der Waals surface area contributed by atoms with Crippen LogP contribution in [0.25, 0.3) is 0 Å². The van der Waals surface area contributed by atoms with E-state index in [-0.39, 0.29) is 0 Å². The van der Waals surface area contributed by atoms with Crippen molar-refractivity contribution in [1.29, 1.82) is 0 Å². The highest BCUT2D eigenvalue weighted by Gasteiger charge is 2.05. The van der Waals surface area contributed by atoms with Crippen molar-refractivity contribution in [3.8, 4) is 0 Å². The Labute approximate surface area is 103 Å². The zero-order chi connectivity index (χ0) is 11.8. The Morgan fingerprint density at radius 3 is 2.56 bits per heavy atom. The lowest BCUT2D eigenvalue weighted by Gasteiger charge is -2.21. The van der Waals surface area contributed by atoms with E-state index < -0.39 is 0 Å². The van der Waals surface area contributed by atoms with Gasteiger partial charge < -0.3 is 5.73 Å². The number of halogens is 1. The van der Waals surface area contributed by atoms with Crippen LogP contribution in [0.15, 0.2) is 41.9 Å². The number of hydrogen-bond donors (Lipinski definition) is 1. The molecule has 1 aromatic rings. The Kier molecular flexibility index (Phi) is 6.16. The molecule has 0 aliphatic heterocycles. The van der Waals surface area contributed by atoms with Gasteiger partial charge in [0.1, 0.15) is 0 Å². The molecule has 0 radical (unpaired) electrons. The number of hydrogen-bond acceptors (Lipinski definition) is 2. The van der Waals surface area contributed by atoms with Crippen molar-refractivity contribution in [2.24, 2.45) is 5.73 Å². The molecule has 0 fully saturated rings.